The van der Waals surface area contributed by atoms with Gasteiger partial charge in [-0.2, -0.15) is 0 Å². The molecule has 0 bridgehead atoms. The lowest BCUT2D eigenvalue weighted by atomic mass is 10.3. The second-order valence-electron chi connectivity index (χ2n) is 2.45. The van der Waals surface area contributed by atoms with Crippen molar-refractivity contribution in [3.05, 3.63) is 27.4 Å². The van der Waals surface area contributed by atoms with E-state index in [0.29, 0.717) is 4.47 Å². The van der Waals surface area contributed by atoms with Crippen molar-refractivity contribution in [1.82, 2.24) is 0 Å². The van der Waals surface area contributed by atoms with Crippen LogP contribution in [-0.4, -0.2) is 11.7 Å². The van der Waals surface area contributed by atoms with E-state index in [1.54, 1.807) is 0 Å². The number of alkyl halides is 1. The zero-order valence-corrected chi connectivity index (χ0v) is 10.00. The van der Waals surface area contributed by atoms with E-state index in [2.05, 4.69) is 20.9 Å². The van der Waals surface area contributed by atoms with E-state index in [9.17, 15) is 4.39 Å². The molecular formula is C8H6BrCl2FN2. The third-order valence-electron chi connectivity index (χ3n) is 1.37. The zero-order chi connectivity index (χ0) is 10.7. The summed E-state index contributed by atoms with van der Waals surface area (Å²) in [7, 11) is 0. The van der Waals surface area contributed by atoms with Crippen LogP contribution < -0.4 is 5.73 Å². The van der Waals surface area contributed by atoms with Gasteiger partial charge in [-0.05, 0) is 12.1 Å². The standard InChI is InChI=1S/C8H6BrCl2FN2/c9-4-1-5(11)8(6(12)2-4)14-7(13)3-10/h1-2H,3H2,(H2,13,14). The Bertz CT molecular complexity index is 359. The van der Waals surface area contributed by atoms with Gasteiger partial charge < -0.3 is 5.73 Å². The van der Waals surface area contributed by atoms with E-state index < -0.39 is 5.82 Å². The summed E-state index contributed by atoms with van der Waals surface area (Å²) in [6.07, 6.45) is 0. The topological polar surface area (TPSA) is 38.4 Å². The molecule has 14 heavy (non-hydrogen) atoms. The maximum Gasteiger partial charge on any atom is 0.151 e. The van der Waals surface area contributed by atoms with E-state index in [0.717, 1.165) is 0 Å². The number of nitrogens with zero attached hydrogens (tertiary/aromatic N) is 1. The van der Waals surface area contributed by atoms with Crippen molar-refractivity contribution < 1.29 is 4.39 Å². The number of rotatable bonds is 2. The fraction of sp³-hybridized carbons (Fsp3) is 0.125. The minimum absolute atomic E-state index is 0.00742. The molecule has 0 aliphatic carbocycles. The number of halogens is 4. The van der Waals surface area contributed by atoms with Gasteiger partial charge >= 0.3 is 0 Å². The van der Waals surface area contributed by atoms with Crippen LogP contribution in [0.25, 0.3) is 0 Å². The molecular weight excluding hydrogens is 294 g/mol. The minimum atomic E-state index is -0.544. The molecule has 0 aliphatic heterocycles. The second-order valence-corrected chi connectivity index (χ2v) is 4.04. The molecule has 0 radical (unpaired) electrons. The molecule has 2 nitrogen and oxygen atoms in total. The number of amidine groups is 1. The summed E-state index contributed by atoms with van der Waals surface area (Å²) in [6, 6.07) is 2.79. The van der Waals surface area contributed by atoms with Gasteiger partial charge in [0.1, 0.15) is 11.5 Å². The summed E-state index contributed by atoms with van der Waals surface area (Å²) < 4.78 is 13.8. The van der Waals surface area contributed by atoms with Crippen LogP contribution in [0.2, 0.25) is 5.02 Å². The average molecular weight is 300 g/mol. The highest BCUT2D eigenvalue weighted by Gasteiger charge is 2.08. The normalized spacial score (nSPS) is 11.9. The molecule has 0 spiro atoms. The third kappa shape index (κ3) is 2.83. The van der Waals surface area contributed by atoms with Crippen LogP contribution in [0.4, 0.5) is 10.1 Å². The fourth-order valence-corrected chi connectivity index (χ4v) is 1.69. The molecule has 0 unspecified atom stereocenters. The molecule has 0 atom stereocenters. The van der Waals surface area contributed by atoms with Crippen molar-refractivity contribution in [2.75, 3.05) is 5.88 Å². The van der Waals surface area contributed by atoms with Gasteiger partial charge in [-0.3, -0.25) is 0 Å². The summed E-state index contributed by atoms with van der Waals surface area (Å²) in [4.78, 5) is 3.75. The van der Waals surface area contributed by atoms with E-state index >= 15 is 0 Å². The summed E-state index contributed by atoms with van der Waals surface area (Å²) >= 11 is 14.3. The maximum atomic E-state index is 13.3. The van der Waals surface area contributed by atoms with Crippen LogP contribution in [0.1, 0.15) is 0 Å². The van der Waals surface area contributed by atoms with Gasteiger partial charge in [-0.25, -0.2) is 9.38 Å². The van der Waals surface area contributed by atoms with Crippen LogP contribution in [0.3, 0.4) is 0 Å². The Hall–Kier alpha value is -0.320. The maximum absolute atomic E-state index is 13.3. The van der Waals surface area contributed by atoms with Crippen molar-refractivity contribution in [2.45, 2.75) is 0 Å². The zero-order valence-electron chi connectivity index (χ0n) is 6.90. The number of hydrogen-bond acceptors (Lipinski definition) is 1. The average Bonchev–Trinajstić information content (AvgIpc) is 2.10. The summed E-state index contributed by atoms with van der Waals surface area (Å²) in [5.41, 5.74) is 5.37. The van der Waals surface area contributed by atoms with Gasteiger partial charge in [0, 0.05) is 4.47 Å². The van der Waals surface area contributed by atoms with E-state index in [4.69, 9.17) is 28.9 Å². The highest BCUT2D eigenvalue weighted by Crippen LogP contribution is 2.31. The Morgan fingerprint density at radius 3 is 2.71 bits per heavy atom. The molecule has 1 aromatic carbocycles. The van der Waals surface area contributed by atoms with Crippen molar-refractivity contribution >= 4 is 50.7 Å². The second kappa shape index (κ2) is 4.96. The third-order valence-corrected chi connectivity index (χ3v) is 2.39. The Morgan fingerprint density at radius 2 is 2.21 bits per heavy atom. The Balaban J connectivity index is 3.21. The quantitative estimate of drug-likeness (QED) is 0.507. The largest absolute Gasteiger partial charge is 0.386 e. The molecule has 0 aliphatic rings. The van der Waals surface area contributed by atoms with Crippen LogP contribution in [0.5, 0.6) is 0 Å². The Labute approximate surface area is 99.0 Å². The first kappa shape index (κ1) is 11.8. The summed E-state index contributed by atoms with van der Waals surface area (Å²) in [6.45, 7) is 0. The van der Waals surface area contributed by atoms with Gasteiger partial charge in [0.25, 0.3) is 0 Å². The van der Waals surface area contributed by atoms with Gasteiger partial charge in [-0.1, -0.05) is 27.5 Å². The van der Waals surface area contributed by atoms with Crippen molar-refractivity contribution in [1.29, 1.82) is 0 Å². The van der Waals surface area contributed by atoms with Crippen LogP contribution >= 0.6 is 39.1 Å². The van der Waals surface area contributed by atoms with Crippen LogP contribution in [-0.2, 0) is 0 Å². The summed E-state index contributed by atoms with van der Waals surface area (Å²) in [5, 5.41) is 0.185. The molecule has 0 amide bonds. The number of aliphatic imine (C=N–C) groups is 1. The van der Waals surface area contributed by atoms with Gasteiger partial charge in [0.15, 0.2) is 5.82 Å². The highest BCUT2D eigenvalue weighted by molar-refractivity contribution is 9.10. The Morgan fingerprint density at radius 1 is 1.57 bits per heavy atom. The predicted octanol–water partition coefficient (Wildman–Crippen LogP) is 3.47. The molecule has 0 aromatic heterocycles. The molecule has 0 saturated heterocycles. The molecule has 0 saturated carbocycles. The van der Waals surface area contributed by atoms with Crippen LogP contribution in [0, 0.1) is 5.82 Å². The van der Waals surface area contributed by atoms with Crippen molar-refractivity contribution in [2.24, 2.45) is 10.7 Å². The lowest BCUT2D eigenvalue weighted by molar-refractivity contribution is 0.629. The predicted molar refractivity (Wildman–Crippen MR) is 61.1 cm³/mol. The number of hydrogen-bond donors (Lipinski definition) is 1. The van der Waals surface area contributed by atoms with Crippen molar-refractivity contribution in [3.8, 4) is 0 Å². The van der Waals surface area contributed by atoms with Gasteiger partial charge in [-0.15, -0.1) is 11.6 Å². The molecule has 1 aromatic rings. The summed E-state index contributed by atoms with van der Waals surface area (Å²) in [5.74, 6) is -0.390. The minimum Gasteiger partial charge on any atom is -0.386 e. The number of benzene rings is 1. The van der Waals surface area contributed by atoms with Crippen molar-refractivity contribution in [3.63, 3.8) is 0 Å². The lowest BCUT2D eigenvalue weighted by Gasteiger charge is -2.02. The van der Waals surface area contributed by atoms with E-state index in [1.165, 1.54) is 12.1 Å². The monoisotopic (exact) mass is 298 g/mol. The molecule has 76 valence electrons. The molecule has 6 heteroatoms. The molecule has 0 heterocycles. The fourth-order valence-electron chi connectivity index (χ4n) is 0.815. The molecule has 2 N–H and O–H groups in total. The molecule has 0 fully saturated rings. The van der Waals surface area contributed by atoms with E-state index in [-0.39, 0.29) is 22.4 Å². The van der Waals surface area contributed by atoms with Gasteiger partial charge in [0.2, 0.25) is 0 Å². The highest BCUT2D eigenvalue weighted by atomic mass is 79.9. The van der Waals surface area contributed by atoms with Crippen LogP contribution in [0.15, 0.2) is 21.6 Å². The van der Waals surface area contributed by atoms with E-state index in [1.807, 2.05) is 0 Å². The Kier molecular flexibility index (Phi) is 4.16. The first-order chi connectivity index (χ1) is 6.54. The molecule has 1 rings (SSSR count). The first-order valence-electron chi connectivity index (χ1n) is 3.58. The SMILES string of the molecule is NC(CCl)=Nc1c(F)cc(Br)cc1Cl. The lowest BCUT2D eigenvalue weighted by Crippen LogP contribution is -2.12. The number of nitrogens with two attached hydrogens (primary N) is 1. The smallest absolute Gasteiger partial charge is 0.151 e. The first-order valence-corrected chi connectivity index (χ1v) is 5.28. The van der Waals surface area contributed by atoms with Gasteiger partial charge in [0.05, 0.1) is 10.9 Å².